The molecule has 1 aromatic carbocycles. The molecule has 5 nitrogen and oxygen atoms in total. The first-order valence-electron chi connectivity index (χ1n) is 7.90. The molecule has 0 aliphatic heterocycles. The molecule has 0 bridgehead atoms. The van der Waals surface area contributed by atoms with Crippen molar-refractivity contribution in [1.29, 1.82) is 0 Å². The lowest BCUT2D eigenvalue weighted by Crippen LogP contribution is -2.41. The second-order valence-corrected chi connectivity index (χ2v) is 5.55. The van der Waals surface area contributed by atoms with Gasteiger partial charge in [0.15, 0.2) is 0 Å². The minimum Gasteiger partial charge on any atom is -0.494 e. The molecule has 124 valence electrons. The van der Waals surface area contributed by atoms with Crippen LogP contribution in [-0.2, 0) is 6.54 Å². The van der Waals surface area contributed by atoms with E-state index in [2.05, 4.69) is 10.6 Å². The zero-order valence-corrected chi connectivity index (χ0v) is 14.0. The molecule has 0 radical (unpaired) electrons. The summed E-state index contributed by atoms with van der Waals surface area (Å²) < 4.78 is 5.49. The quantitative estimate of drug-likeness (QED) is 0.691. The molecule has 0 heterocycles. The van der Waals surface area contributed by atoms with Crippen LogP contribution in [-0.4, -0.2) is 30.4 Å². The van der Waals surface area contributed by atoms with Crippen LogP contribution in [0.3, 0.4) is 0 Å². The molecule has 3 N–H and O–H groups in total. The fraction of sp³-hybridized carbons (Fsp3) is 0.588. The van der Waals surface area contributed by atoms with Gasteiger partial charge in [0.25, 0.3) is 0 Å². The van der Waals surface area contributed by atoms with Crippen molar-refractivity contribution in [3.8, 4) is 5.75 Å². The van der Waals surface area contributed by atoms with Gasteiger partial charge in [-0.05, 0) is 37.0 Å². The number of hydrogen-bond donors (Lipinski definition) is 3. The monoisotopic (exact) mass is 308 g/mol. The van der Waals surface area contributed by atoms with E-state index in [0.717, 1.165) is 23.3 Å². The van der Waals surface area contributed by atoms with Gasteiger partial charge in [-0.1, -0.05) is 32.4 Å². The average molecular weight is 308 g/mol. The van der Waals surface area contributed by atoms with E-state index >= 15 is 0 Å². The van der Waals surface area contributed by atoms with E-state index in [4.69, 9.17) is 4.74 Å². The number of aryl methyl sites for hydroxylation is 1. The van der Waals surface area contributed by atoms with E-state index in [1.54, 1.807) is 0 Å². The van der Waals surface area contributed by atoms with Crippen LogP contribution in [0, 0.1) is 12.8 Å². The highest BCUT2D eigenvalue weighted by Gasteiger charge is 2.13. The van der Waals surface area contributed by atoms with Crippen LogP contribution in [0.5, 0.6) is 5.75 Å². The number of carbonyl (C=O) groups excluding carboxylic acids is 1. The molecule has 0 aliphatic carbocycles. The lowest BCUT2D eigenvalue weighted by molar-refractivity contribution is 0.114. The lowest BCUT2D eigenvalue weighted by atomic mass is 10.0. The van der Waals surface area contributed by atoms with E-state index in [1.165, 1.54) is 0 Å². The molecule has 0 fully saturated rings. The maximum atomic E-state index is 11.7. The third-order valence-corrected chi connectivity index (χ3v) is 3.76. The maximum absolute atomic E-state index is 11.7. The number of amides is 2. The molecule has 0 spiro atoms. The van der Waals surface area contributed by atoms with Crippen LogP contribution in [0.4, 0.5) is 4.79 Å². The van der Waals surface area contributed by atoms with Crippen molar-refractivity contribution in [2.75, 3.05) is 13.2 Å². The summed E-state index contributed by atoms with van der Waals surface area (Å²) in [7, 11) is 0. The summed E-state index contributed by atoms with van der Waals surface area (Å²) in [4.78, 5) is 11.7. The molecule has 2 atom stereocenters. The highest BCUT2D eigenvalue weighted by Crippen LogP contribution is 2.18. The Kier molecular flexibility index (Phi) is 7.74. The molecule has 0 aliphatic rings. The molecule has 0 aromatic heterocycles. The van der Waals surface area contributed by atoms with Gasteiger partial charge in [0, 0.05) is 13.1 Å². The predicted molar refractivity (Wildman–Crippen MR) is 88.0 cm³/mol. The van der Waals surface area contributed by atoms with Crippen LogP contribution in [0.15, 0.2) is 18.2 Å². The Balaban J connectivity index is 2.39. The van der Waals surface area contributed by atoms with E-state index in [9.17, 15) is 9.90 Å². The summed E-state index contributed by atoms with van der Waals surface area (Å²) in [5.74, 6) is 1.04. The molecular formula is C17H28N2O3. The molecule has 1 aromatic rings. The fourth-order valence-corrected chi connectivity index (χ4v) is 2.05. The van der Waals surface area contributed by atoms with E-state index in [0.29, 0.717) is 13.2 Å². The molecule has 22 heavy (non-hydrogen) atoms. The molecule has 2 amide bonds. The largest absolute Gasteiger partial charge is 0.494 e. The minimum absolute atomic E-state index is 0.175. The third-order valence-electron chi connectivity index (χ3n) is 3.76. The number of carbonyl (C=O) groups is 1. The average Bonchev–Trinajstić information content (AvgIpc) is 2.52. The first kappa shape index (κ1) is 18.3. The van der Waals surface area contributed by atoms with Gasteiger partial charge < -0.3 is 20.5 Å². The second kappa shape index (κ2) is 9.30. The van der Waals surface area contributed by atoms with E-state index in [1.807, 2.05) is 45.9 Å². The van der Waals surface area contributed by atoms with Crippen LogP contribution >= 0.6 is 0 Å². The number of rotatable bonds is 8. The molecule has 5 heteroatoms. The number of urea groups is 1. The summed E-state index contributed by atoms with van der Waals surface area (Å²) in [5.41, 5.74) is 2.06. The van der Waals surface area contributed by atoms with Crippen molar-refractivity contribution in [3.63, 3.8) is 0 Å². The molecule has 0 saturated carbocycles. The number of aliphatic hydroxyl groups excluding tert-OH is 1. The van der Waals surface area contributed by atoms with Crippen LogP contribution < -0.4 is 15.4 Å². The smallest absolute Gasteiger partial charge is 0.315 e. The van der Waals surface area contributed by atoms with Crippen molar-refractivity contribution in [1.82, 2.24) is 10.6 Å². The summed E-state index contributed by atoms with van der Waals surface area (Å²) in [6.45, 7) is 9.26. The van der Waals surface area contributed by atoms with Crippen molar-refractivity contribution < 1.29 is 14.6 Å². The van der Waals surface area contributed by atoms with Crippen molar-refractivity contribution in [2.24, 2.45) is 5.92 Å². The molecule has 0 saturated heterocycles. The van der Waals surface area contributed by atoms with Crippen LogP contribution in [0.25, 0.3) is 0 Å². The van der Waals surface area contributed by atoms with Gasteiger partial charge in [-0.3, -0.25) is 0 Å². The first-order valence-corrected chi connectivity index (χ1v) is 7.90. The van der Waals surface area contributed by atoms with Gasteiger partial charge in [-0.15, -0.1) is 0 Å². The first-order chi connectivity index (χ1) is 10.5. The van der Waals surface area contributed by atoms with Crippen LogP contribution in [0.2, 0.25) is 0 Å². The SMILES string of the molecule is CCOc1ccc(CNC(=O)NCC(O)C(C)CC)cc1C. The van der Waals surface area contributed by atoms with Crippen molar-refractivity contribution in [2.45, 2.75) is 46.8 Å². The number of ether oxygens (including phenoxy) is 1. The summed E-state index contributed by atoms with van der Waals surface area (Å²) in [6.07, 6.45) is 0.374. The van der Waals surface area contributed by atoms with Crippen molar-refractivity contribution >= 4 is 6.03 Å². The number of hydrogen-bond acceptors (Lipinski definition) is 3. The Morgan fingerprint density at radius 1 is 1.32 bits per heavy atom. The zero-order valence-electron chi connectivity index (χ0n) is 14.0. The van der Waals surface area contributed by atoms with Gasteiger partial charge in [0.2, 0.25) is 0 Å². The topological polar surface area (TPSA) is 70.6 Å². The minimum atomic E-state index is -0.511. The lowest BCUT2D eigenvalue weighted by Gasteiger charge is -2.17. The summed E-state index contributed by atoms with van der Waals surface area (Å²) >= 11 is 0. The Morgan fingerprint density at radius 2 is 2.05 bits per heavy atom. The van der Waals surface area contributed by atoms with E-state index < -0.39 is 6.10 Å². The van der Waals surface area contributed by atoms with Crippen LogP contribution in [0.1, 0.15) is 38.3 Å². The number of benzene rings is 1. The predicted octanol–water partition coefficient (Wildman–Crippen LogP) is 2.60. The number of aliphatic hydroxyl groups is 1. The zero-order chi connectivity index (χ0) is 16.5. The third kappa shape index (κ3) is 5.93. The summed E-state index contributed by atoms with van der Waals surface area (Å²) in [6, 6.07) is 5.58. The molecule has 2 unspecified atom stereocenters. The van der Waals surface area contributed by atoms with Gasteiger partial charge in [-0.25, -0.2) is 4.79 Å². The standard InChI is InChI=1S/C17H28N2O3/c1-5-12(3)15(20)11-19-17(21)18-10-14-7-8-16(22-6-2)13(4)9-14/h7-9,12,15,20H,5-6,10-11H2,1-4H3,(H2,18,19,21). The second-order valence-electron chi connectivity index (χ2n) is 5.55. The van der Waals surface area contributed by atoms with Gasteiger partial charge in [0.1, 0.15) is 5.75 Å². The van der Waals surface area contributed by atoms with Gasteiger partial charge in [-0.2, -0.15) is 0 Å². The highest BCUT2D eigenvalue weighted by atomic mass is 16.5. The normalized spacial score (nSPS) is 13.3. The van der Waals surface area contributed by atoms with Crippen molar-refractivity contribution in [3.05, 3.63) is 29.3 Å². The molecular weight excluding hydrogens is 280 g/mol. The van der Waals surface area contributed by atoms with Gasteiger partial charge >= 0.3 is 6.03 Å². The Hall–Kier alpha value is -1.75. The Labute approximate surface area is 133 Å². The van der Waals surface area contributed by atoms with E-state index in [-0.39, 0.29) is 18.5 Å². The Bertz CT molecular complexity index is 477. The maximum Gasteiger partial charge on any atom is 0.315 e. The van der Waals surface area contributed by atoms with Gasteiger partial charge in [0.05, 0.1) is 12.7 Å². The Morgan fingerprint density at radius 3 is 2.64 bits per heavy atom. The fourth-order valence-electron chi connectivity index (χ4n) is 2.05. The molecule has 1 rings (SSSR count). The number of nitrogens with one attached hydrogen (secondary N) is 2. The summed E-state index contributed by atoms with van der Waals surface area (Å²) in [5, 5.41) is 15.3. The highest BCUT2D eigenvalue weighted by molar-refractivity contribution is 5.73.